The van der Waals surface area contributed by atoms with Gasteiger partial charge >= 0.3 is 19.8 Å². The second-order valence-corrected chi connectivity index (χ2v) is 17.7. The molecule has 1 aliphatic carbocycles. The molecule has 0 aromatic heterocycles. The van der Waals surface area contributed by atoms with E-state index < -0.39 is 75.7 Å². The molecule has 1 aliphatic heterocycles. The van der Waals surface area contributed by atoms with Crippen molar-refractivity contribution in [2.24, 2.45) is 0 Å². The minimum atomic E-state index is -5.14. The molecule has 0 aromatic rings. The summed E-state index contributed by atoms with van der Waals surface area (Å²) in [5.74, 6) is -1.19. The molecule has 356 valence electrons. The monoisotopic (exact) mass is 899 g/mol. The van der Waals surface area contributed by atoms with Crippen molar-refractivity contribution >= 4 is 19.8 Å². The van der Waals surface area contributed by atoms with E-state index in [0.29, 0.717) is 19.3 Å². The van der Waals surface area contributed by atoms with E-state index in [9.17, 15) is 44.6 Å². The van der Waals surface area contributed by atoms with Gasteiger partial charge in [-0.15, -0.1) is 0 Å². The van der Waals surface area contributed by atoms with Gasteiger partial charge in [-0.2, -0.15) is 0 Å². The van der Waals surface area contributed by atoms with E-state index in [1.165, 1.54) is 38.5 Å². The van der Waals surface area contributed by atoms with E-state index in [2.05, 4.69) is 62.5 Å². The molecule has 15 heteroatoms. The van der Waals surface area contributed by atoms with Crippen molar-refractivity contribution in [3.8, 4) is 0 Å². The molecule has 8 atom stereocenters. The van der Waals surface area contributed by atoms with Crippen LogP contribution in [0.25, 0.3) is 0 Å². The predicted octanol–water partition coefficient (Wildman–Crippen LogP) is 7.93. The fraction of sp³-hybridized carbons (Fsp3) is 0.745. The van der Waals surface area contributed by atoms with Crippen LogP contribution in [0.2, 0.25) is 0 Å². The summed E-state index contributed by atoms with van der Waals surface area (Å²) in [5.41, 5.74) is 0. The molecule has 8 unspecified atom stereocenters. The number of carbonyl (C=O) groups is 2. The third-order valence-electron chi connectivity index (χ3n) is 10.7. The molecule has 1 saturated carbocycles. The zero-order valence-electron chi connectivity index (χ0n) is 37.3. The Labute approximate surface area is 370 Å². The van der Waals surface area contributed by atoms with Crippen molar-refractivity contribution in [3.63, 3.8) is 0 Å². The summed E-state index contributed by atoms with van der Waals surface area (Å²) in [4.78, 5) is 35.7. The van der Waals surface area contributed by atoms with E-state index in [1.807, 2.05) is 12.2 Å². The van der Waals surface area contributed by atoms with Crippen LogP contribution in [0.3, 0.4) is 0 Å². The van der Waals surface area contributed by atoms with E-state index in [4.69, 9.17) is 23.3 Å². The Morgan fingerprint density at radius 1 is 0.581 bits per heavy atom. The van der Waals surface area contributed by atoms with Gasteiger partial charge in [-0.1, -0.05) is 126 Å². The van der Waals surface area contributed by atoms with Crippen molar-refractivity contribution in [2.45, 2.75) is 210 Å². The zero-order valence-corrected chi connectivity index (χ0v) is 38.2. The maximum atomic E-state index is 12.8. The van der Waals surface area contributed by atoms with Crippen molar-refractivity contribution in [2.75, 3.05) is 13.2 Å². The molecule has 0 amide bonds. The molecule has 6 N–H and O–H groups in total. The number of ether oxygens (including phenoxy) is 3. The Hall–Kier alpha value is -2.49. The molecule has 1 saturated heterocycles. The van der Waals surface area contributed by atoms with Crippen molar-refractivity contribution in [1.29, 1.82) is 0 Å². The molecule has 0 spiro atoms. The van der Waals surface area contributed by atoms with Gasteiger partial charge in [0.05, 0.1) is 18.8 Å². The molecule has 1 heterocycles. The normalized spacial score (nSPS) is 25.7. The highest BCUT2D eigenvalue weighted by molar-refractivity contribution is 7.47. The van der Waals surface area contributed by atoms with Gasteiger partial charge in [0.2, 0.25) is 0 Å². The third-order valence-corrected chi connectivity index (χ3v) is 11.7. The molecule has 14 nitrogen and oxygen atoms in total. The number of aliphatic hydroxyl groups excluding tert-OH is 5. The van der Waals surface area contributed by atoms with E-state index in [1.54, 1.807) is 0 Å². The minimum absolute atomic E-state index is 0.00619. The summed E-state index contributed by atoms with van der Waals surface area (Å²) >= 11 is 0. The summed E-state index contributed by atoms with van der Waals surface area (Å²) in [6.45, 7) is 3.10. The molecular formula is C47H79O14P. The number of epoxide rings is 1. The maximum Gasteiger partial charge on any atom is 0.472 e. The topological polar surface area (TPSA) is 222 Å². The van der Waals surface area contributed by atoms with Gasteiger partial charge in [0.25, 0.3) is 0 Å². The second kappa shape index (κ2) is 33.9. The molecule has 0 aromatic carbocycles. The predicted molar refractivity (Wildman–Crippen MR) is 239 cm³/mol. The van der Waals surface area contributed by atoms with Crippen molar-refractivity contribution in [1.82, 2.24) is 0 Å². The standard InChI is InChI=1S/C47H79O14P/c1-3-5-7-9-11-13-14-15-16-17-18-20-22-24-29-33-40(48)57-35-37(36-58-62(55,56)61-47-45(53)43(51)42(50)44(52)46(47)54)59-41(49)34-30-26-25-28-32-39-38(60-39)31-27-23-21-19-12-10-8-6-4-2/h6,8,12,15-16,19,23,25,27-28,37-39,42-47,50-54H,3-5,7,9-11,13-14,17-18,20-22,24,26,29-36H2,1-2H3,(H,55,56)/b8-6-,16-15-,19-12-,27-23-,28-25-. The molecule has 0 bridgehead atoms. The average molecular weight is 899 g/mol. The van der Waals surface area contributed by atoms with Crippen LogP contribution in [-0.4, -0.2) is 111 Å². The zero-order chi connectivity index (χ0) is 45.4. The Bertz CT molecular complexity index is 1380. The summed E-state index contributed by atoms with van der Waals surface area (Å²) in [5, 5.41) is 50.2. The number of aliphatic hydroxyl groups is 5. The van der Waals surface area contributed by atoms with Crippen LogP contribution in [0.15, 0.2) is 60.8 Å². The number of allylic oxidation sites excluding steroid dienone is 8. The highest BCUT2D eigenvalue weighted by Gasteiger charge is 2.51. The van der Waals surface area contributed by atoms with Crippen LogP contribution in [0.4, 0.5) is 0 Å². The van der Waals surface area contributed by atoms with Gasteiger partial charge in [0.15, 0.2) is 6.10 Å². The Morgan fingerprint density at radius 3 is 1.68 bits per heavy atom. The van der Waals surface area contributed by atoms with Crippen LogP contribution >= 0.6 is 7.82 Å². The van der Waals surface area contributed by atoms with Crippen LogP contribution in [0, 0.1) is 0 Å². The lowest BCUT2D eigenvalue weighted by Gasteiger charge is -2.41. The summed E-state index contributed by atoms with van der Waals surface area (Å²) in [6, 6.07) is 0. The molecule has 62 heavy (non-hydrogen) atoms. The summed E-state index contributed by atoms with van der Waals surface area (Å²) < 4.78 is 39.2. The number of hydrogen-bond acceptors (Lipinski definition) is 13. The number of phosphoric ester groups is 1. The maximum absolute atomic E-state index is 12.8. The Morgan fingerprint density at radius 2 is 1.06 bits per heavy atom. The molecule has 2 aliphatic rings. The van der Waals surface area contributed by atoms with Crippen LogP contribution in [-0.2, 0) is 37.4 Å². The smallest absolute Gasteiger partial charge is 0.462 e. The number of phosphoric acid groups is 1. The van der Waals surface area contributed by atoms with Crippen molar-refractivity contribution in [3.05, 3.63) is 60.8 Å². The van der Waals surface area contributed by atoms with E-state index in [0.717, 1.165) is 70.6 Å². The van der Waals surface area contributed by atoms with Gasteiger partial charge in [-0.25, -0.2) is 4.57 Å². The van der Waals surface area contributed by atoms with Gasteiger partial charge < -0.3 is 44.6 Å². The van der Waals surface area contributed by atoms with Crippen LogP contribution in [0.5, 0.6) is 0 Å². The highest BCUT2D eigenvalue weighted by atomic mass is 31.2. The third kappa shape index (κ3) is 25.7. The first-order chi connectivity index (χ1) is 29.9. The number of hydrogen-bond donors (Lipinski definition) is 6. The molecular weight excluding hydrogens is 819 g/mol. The molecule has 0 radical (unpaired) electrons. The molecule has 2 rings (SSSR count). The minimum Gasteiger partial charge on any atom is -0.462 e. The summed E-state index contributed by atoms with van der Waals surface area (Å²) in [7, 11) is -5.14. The lowest BCUT2D eigenvalue weighted by atomic mass is 9.85. The first kappa shape index (κ1) is 55.6. The number of carbonyl (C=O) groups excluding carboxylic acids is 2. The van der Waals surface area contributed by atoms with E-state index >= 15 is 0 Å². The number of rotatable bonds is 36. The second-order valence-electron chi connectivity index (χ2n) is 16.3. The number of esters is 2. The Kier molecular flexibility index (Phi) is 30.5. The fourth-order valence-electron chi connectivity index (χ4n) is 6.89. The SMILES string of the molecule is CC/C=C\C/C=C\C/C=C\CC1OC1C/C=C\CCCC(=O)OC(COC(=O)CCCCCCC/C=C\CCCCCCCC)COP(=O)(O)OC1C(O)C(O)C(O)C(O)C1O. The average Bonchev–Trinajstić information content (AvgIpc) is 4.01. The first-order valence-corrected chi connectivity index (χ1v) is 24.7. The van der Waals surface area contributed by atoms with Gasteiger partial charge in [-0.05, 0) is 77.0 Å². The van der Waals surface area contributed by atoms with Crippen LogP contribution in [0.1, 0.15) is 155 Å². The van der Waals surface area contributed by atoms with Gasteiger partial charge in [-0.3, -0.25) is 18.6 Å². The highest BCUT2D eigenvalue weighted by Crippen LogP contribution is 2.47. The Balaban J connectivity index is 1.75. The van der Waals surface area contributed by atoms with Crippen LogP contribution < -0.4 is 0 Å². The van der Waals surface area contributed by atoms with Gasteiger partial charge in [0.1, 0.15) is 43.2 Å². The van der Waals surface area contributed by atoms with Gasteiger partial charge in [0, 0.05) is 12.8 Å². The fourth-order valence-corrected chi connectivity index (χ4v) is 7.86. The first-order valence-electron chi connectivity index (χ1n) is 23.2. The number of unbranched alkanes of at least 4 members (excludes halogenated alkanes) is 12. The summed E-state index contributed by atoms with van der Waals surface area (Å²) in [6.07, 6.45) is 28.7. The lowest BCUT2D eigenvalue weighted by molar-refractivity contribution is -0.220. The quantitative estimate of drug-likeness (QED) is 0.0116. The van der Waals surface area contributed by atoms with E-state index in [-0.39, 0.29) is 25.0 Å². The lowest BCUT2D eigenvalue weighted by Crippen LogP contribution is -2.64. The largest absolute Gasteiger partial charge is 0.472 e. The molecule has 2 fully saturated rings. The van der Waals surface area contributed by atoms with Crippen molar-refractivity contribution < 1.29 is 67.8 Å².